The number of ether oxygens (including phenoxy) is 1. The van der Waals surface area contributed by atoms with E-state index in [9.17, 15) is 4.79 Å². The van der Waals surface area contributed by atoms with Crippen LogP contribution in [0.5, 0.6) is 0 Å². The fourth-order valence-corrected chi connectivity index (χ4v) is 2.79. The molecule has 1 fully saturated rings. The number of hydrogen-bond acceptors (Lipinski definition) is 3. The van der Waals surface area contributed by atoms with Crippen LogP contribution >= 0.6 is 0 Å². The largest absolute Gasteiger partial charge is 0.449 e. The molecule has 0 bridgehead atoms. The molecule has 0 spiro atoms. The maximum Gasteiger partial charge on any atom is 0.414 e. The van der Waals surface area contributed by atoms with E-state index >= 15 is 0 Å². The molecule has 104 valence electrons. The van der Waals surface area contributed by atoms with Crippen molar-refractivity contribution in [2.45, 2.75) is 33.1 Å². The van der Waals surface area contributed by atoms with Gasteiger partial charge in [-0.15, -0.1) is 0 Å². The Balaban J connectivity index is 1.52. The van der Waals surface area contributed by atoms with Crippen LogP contribution in [0, 0.1) is 11.3 Å². The summed E-state index contributed by atoms with van der Waals surface area (Å²) in [6.45, 7) is 6.70. The Kier molecular flexibility index (Phi) is 3.03. The summed E-state index contributed by atoms with van der Waals surface area (Å²) in [6, 6.07) is 0. The fourth-order valence-electron chi connectivity index (χ4n) is 2.79. The van der Waals surface area contributed by atoms with Crippen molar-refractivity contribution in [3.63, 3.8) is 0 Å². The highest BCUT2D eigenvalue weighted by Crippen LogP contribution is 2.51. The Morgan fingerprint density at radius 3 is 3.11 bits per heavy atom. The van der Waals surface area contributed by atoms with Gasteiger partial charge in [-0.1, -0.05) is 13.8 Å². The highest BCUT2D eigenvalue weighted by Gasteiger charge is 2.46. The van der Waals surface area contributed by atoms with Crippen LogP contribution in [0.25, 0.3) is 0 Å². The topological polar surface area (TPSA) is 41.6 Å². The van der Waals surface area contributed by atoms with Gasteiger partial charge in [0, 0.05) is 18.4 Å². The van der Waals surface area contributed by atoms with Crippen LogP contribution in [0.3, 0.4) is 0 Å². The molecule has 3 rings (SSSR count). The molecule has 4 heteroatoms. The summed E-state index contributed by atoms with van der Waals surface area (Å²) in [5, 5.41) is 3.37. The van der Waals surface area contributed by atoms with Crippen LogP contribution in [-0.4, -0.2) is 30.7 Å². The summed E-state index contributed by atoms with van der Waals surface area (Å²) >= 11 is 0. The first-order valence-electron chi connectivity index (χ1n) is 7.14. The molecule has 0 aromatic heterocycles. The number of allylic oxidation sites excluding steroid dienone is 1. The highest BCUT2D eigenvalue weighted by atomic mass is 16.6. The Morgan fingerprint density at radius 2 is 2.37 bits per heavy atom. The van der Waals surface area contributed by atoms with E-state index in [4.69, 9.17) is 4.74 Å². The second-order valence-electron chi connectivity index (χ2n) is 6.46. The normalized spacial score (nSPS) is 27.7. The molecule has 4 nitrogen and oxygen atoms in total. The molecule has 1 N–H and O–H groups in total. The monoisotopic (exact) mass is 262 g/mol. The summed E-state index contributed by atoms with van der Waals surface area (Å²) in [5.41, 5.74) is 2.87. The number of nitrogens with zero attached hydrogens (tertiary/aromatic N) is 1. The summed E-state index contributed by atoms with van der Waals surface area (Å²) in [7, 11) is 0. The predicted octanol–water partition coefficient (Wildman–Crippen LogP) is 2.64. The number of amides is 1. The van der Waals surface area contributed by atoms with Gasteiger partial charge >= 0.3 is 6.09 Å². The molecule has 0 saturated heterocycles. The molecular weight excluding hydrogens is 240 g/mol. The maximum absolute atomic E-state index is 12.0. The van der Waals surface area contributed by atoms with E-state index in [0.29, 0.717) is 24.5 Å². The highest BCUT2D eigenvalue weighted by molar-refractivity contribution is 5.70. The molecule has 1 amide bonds. The Hall–Kier alpha value is -1.45. The minimum atomic E-state index is -0.212. The van der Waals surface area contributed by atoms with Crippen molar-refractivity contribution in [3.05, 3.63) is 23.5 Å². The van der Waals surface area contributed by atoms with Gasteiger partial charge in [0.25, 0.3) is 0 Å². The molecule has 0 aromatic rings. The quantitative estimate of drug-likeness (QED) is 0.831. The third kappa shape index (κ3) is 2.62. The second-order valence-corrected chi connectivity index (χ2v) is 6.46. The first-order valence-corrected chi connectivity index (χ1v) is 7.14. The van der Waals surface area contributed by atoms with Crippen molar-refractivity contribution < 1.29 is 9.53 Å². The molecule has 1 aliphatic carbocycles. The number of carbonyl (C=O) groups is 1. The molecule has 1 unspecified atom stereocenters. The number of carbonyl (C=O) groups excluding carboxylic acids is 1. The van der Waals surface area contributed by atoms with Gasteiger partial charge in [-0.3, -0.25) is 4.90 Å². The lowest BCUT2D eigenvalue weighted by molar-refractivity contribution is 0.110. The van der Waals surface area contributed by atoms with E-state index in [-0.39, 0.29) is 6.09 Å². The SMILES string of the molecule is CC1(C)CC1COC(=O)N1C=CC2=C(CCCN2)C1. The Labute approximate surface area is 114 Å². The lowest BCUT2D eigenvalue weighted by Crippen LogP contribution is -2.35. The molecule has 2 aliphatic heterocycles. The van der Waals surface area contributed by atoms with Crippen LogP contribution in [-0.2, 0) is 4.74 Å². The number of rotatable bonds is 2. The van der Waals surface area contributed by atoms with E-state index in [1.54, 1.807) is 4.90 Å². The first kappa shape index (κ1) is 12.6. The second kappa shape index (κ2) is 4.58. The molecule has 2 heterocycles. The van der Waals surface area contributed by atoms with E-state index < -0.39 is 0 Å². The molecule has 1 saturated carbocycles. The minimum Gasteiger partial charge on any atom is -0.449 e. The predicted molar refractivity (Wildman–Crippen MR) is 73.3 cm³/mol. The first-order chi connectivity index (χ1) is 9.06. The summed E-state index contributed by atoms with van der Waals surface area (Å²) in [4.78, 5) is 13.7. The van der Waals surface area contributed by atoms with Crippen molar-refractivity contribution in [1.82, 2.24) is 10.2 Å². The third-order valence-electron chi connectivity index (χ3n) is 4.49. The van der Waals surface area contributed by atoms with Gasteiger partial charge in [-0.05, 0) is 42.2 Å². The summed E-state index contributed by atoms with van der Waals surface area (Å²) in [6.07, 6.45) is 6.99. The number of nitrogens with one attached hydrogen (secondary N) is 1. The zero-order valence-corrected chi connectivity index (χ0v) is 11.7. The smallest absolute Gasteiger partial charge is 0.414 e. The lowest BCUT2D eigenvalue weighted by Gasteiger charge is -2.28. The zero-order valence-electron chi connectivity index (χ0n) is 11.7. The van der Waals surface area contributed by atoms with Gasteiger partial charge in [0.15, 0.2) is 0 Å². The van der Waals surface area contributed by atoms with Crippen molar-refractivity contribution in [2.75, 3.05) is 19.7 Å². The Morgan fingerprint density at radius 1 is 1.58 bits per heavy atom. The van der Waals surface area contributed by atoms with Gasteiger partial charge in [0.2, 0.25) is 0 Å². The zero-order chi connectivity index (χ0) is 13.5. The minimum absolute atomic E-state index is 0.212. The standard InChI is InChI=1S/C15H22N2O2/c1-15(2)8-12(15)10-19-14(18)17-7-5-13-11(9-17)4-3-6-16-13/h5,7,12,16H,3-4,6,8-10H2,1-2H3. The van der Waals surface area contributed by atoms with Gasteiger partial charge in [0.1, 0.15) is 0 Å². The lowest BCUT2D eigenvalue weighted by atomic mass is 10.0. The van der Waals surface area contributed by atoms with Gasteiger partial charge in [0.05, 0.1) is 13.2 Å². The molecular formula is C15H22N2O2. The summed E-state index contributed by atoms with van der Waals surface area (Å²) < 4.78 is 5.41. The fraction of sp³-hybridized carbons (Fsp3) is 0.667. The van der Waals surface area contributed by atoms with E-state index in [0.717, 1.165) is 25.8 Å². The van der Waals surface area contributed by atoms with Crippen LogP contribution in [0.15, 0.2) is 23.5 Å². The molecule has 19 heavy (non-hydrogen) atoms. The third-order valence-corrected chi connectivity index (χ3v) is 4.49. The van der Waals surface area contributed by atoms with Crippen LogP contribution in [0.2, 0.25) is 0 Å². The molecule has 0 radical (unpaired) electrons. The summed E-state index contributed by atoms with van der Waals surface area (Å²) in [5.74, 6) is 0.538. The van der Waals surface area contributed by atoms with Crippen molar-refractivity contribution in [3.8, 4) is 0 Å². The molecule has 0 aromatic carbocycles. The van der Waals surface area contributed by atoms with Crippen molar-refractivity contribution in [2.24, 2.45) is 11.3 Å². The van der Waals surface area contributed by atoms with Gasteiger partial charge in [-0.2, -0.15) is 0 Å². The van der Waals surface area contributed by atoms with Crippen LogP contribution in [0.1, 0.15) is 33.1 Å². The van der Waals surface area contributed by atoms with Crippen LogP contribution < -0.4 is 5.32 Å². The van der Waals surface area contributed by atoms with E-state index in [1.807, 2.05) is 12.3 Å². The molecule has 1 atom stereocenters. The van der Waals surface area contributed by atoms with Crippen molar-refractivity contribution >= 4 is 6.09 Å². The Bertz CT molecular complexity index is 451. The maximum atomic E-state index is 12.0. The van der Waals surface area contributed by atoms with Gasteiger partial charge in [-0.25, -0.2) is 4.79 Å². The van der Waals surface area contributed by atoms with Crippen molar-refractivity contribution in [1.29, 1.82) is 0 Å². The average molecular weight is 262 g/mol. The van der Waals surface area contributed by atoms with Gasteiger partial charge < -0.3 is 10.1 Å². The molecule has 3 aliphatic rings. The number of hydrogen-bond donors (Lipinski definition) is 1. The van der Waals surface area contributed by atoms with Crippen LogP contribution in [0.4, 0.5) is 4.79 Å². The van der Waals surface area contributed by atoms with E-state index in [1.165, 1.54) is 11.3 Å². The van der Waals surface area contributed by atoms with E-state index in [2.05, 4.69) is 19.2 Å². The average Bonchev–Trinajstić information content (AvgIpc) is 3.03.